The summed E-state index contributed by atoms with van der Waals surface area (Å²) in [5.74, 6) is 1.19. The first kappa shape index (κ1) is 26.8. The number of hydrogen-bond acceptors (Lipinski definition) is 5. The Kier molecular flexibility index (Phi) is 11.4. The van der Waals surface area contributed by atoms with Crippen LogP contribution in [0.2, 0.25) is 0 Å². The van der Waals surface area contributed by atoms with Gasteiger partial charge in [-0.2, -0.15) is 0 Å². The van der Waals surface area contributed by atoms with Gasteiger partial charge in [-0.05, 0) is 74.8 Å². The smallest absolute Gasteiger partial charge is 0.262 e. The van der Waals surface area contributed by atoms with E-state index >= 15 is 0 Å². The fourth-order valence-corrected chi connectivity index (χ4v) is 3.31. The van der Waals surface area contributed by atoms with E-state index in [-0.39, 0.29) is 31.5 Å². The Morgan fingerprint density at radius 1 is 1.06 bits per heavy atom. The number of nitrogens with one attached hydrogen (secondary N) is 1. The van der Waals surface area contributed by atoms with Gasteiger partial charge in [0.05, 0.1) is 0 Å². The zero-order chi connectivity index (χ0) is 22.1. The van der Waals surface area contributed by atoms with E-state index in [0.29, 0.717) is 18.0 Å². The largest absolute Gasteiger partial charge is 0.490 e. The molecule has 0 aliphatic carbocycles. The molecule has 2 aromatic rings. The molecule has 2 aromatic carbocycles. The van der Waals surface area contributed by atoms with Crippen LogP contribution in [0.5, 0.6) is 11.5 Å². The van der Waals surface area contributed by atoms with Crippen molar-refractivity contribution in [2.45, 2.75) is 40.7 Å². The second-order valence-electron chi connectivity index (χ2n) is 7.54. The van der Waals surface area contributed by atoms with Gasteiger partial charge in [0.25, 0.3) is 5.91 Å². The quantitative estimate of drug-likeness (QED) is 0.538. The summed E-state index contributed by atoms with van der Waals surface area (Å²) in [6.07, 6.45) is -0.554. The first-order valence-corrected chi connectivity index (χ1v) is 10.5. The molecule has 0 bridgehead atoms. The van der Waals surface area contributed by atoms with Crippen molar-refractivity contribution in [3.63, 3.8) is 0 Å². The minimum atomic E-state index is -0.554. The van der Waals surface area contributed by atoms with Crippen LogP contribution in [0.4, 0.5) is 5.69 Å². The van der Waals surface area contributed by atoms with Crippen molar-refractivity contribution in [2.24, 2.45) is 0 Å². The topological polar surface area (TPSA) is 71.0 Å². The predicted molar refractivity (Wildman–Crippen MR) is 128 cm³/mol. The summed E-state index contributed by atoms with van der Waals surface area (Å²) in [6, 6.07) is 11.3. The van der Waals surface area contributed by atoms with Gasteiger partial charge in [0.1, 0.15) is 24.2 Å². The molecule has 7 heteroatoms. The van der Waals surface area contributed by atoms with Gasteiger partial charge >= 0.3 is 0 Å². The third-order valence-corrected chi connectivity index (χ3v) is 4.89. The third kappa shape index (κ3) is 8.77. The van der Waals surface area contributed by atoms with Gasteiger partial charge in [0, 0.05) is 12.2 Å². The van der Waals surface area contributed by atoms with Crippen LogP contribution >= 0.6 is 12.4 Å². The van der Waals surface area contributed by atoms with Gasteiger partial charge in [-0.25, -0.2) is 0 Å². The summed E-state index contributed by atoms with van der Waals surface area (Å²) < 4.78 is 11.4. The van der Waals surface area contributed by atoms with Gasteiger partial charge in [-0.15, -0.1) is 12.4 Å². The molecule has 1 atom stereocenters. The van der Waals surface area contributed by atoms with Gasteiger partial charge in [-0.3, -0.25) is 4.79 Å². The molecule has 0 radical (unpaired) electrons. The first-order valence-electron chi connectivity index (χ1n) is 10.5. The average molecular weight is 451 g/mol. The second kappa shape index (κ2) is 13.2. The van der Waals surface area contributed by atoms with Crippen LogP contribution < -0.4 is 14.8 Å². The number of halogens is 1. The fraction of sp³-hybridized carbons (Fsp3) is 0.458. The van der Waals surface area contributed by atoms with E-state index in [4.69, 9.17) is 9.47 Å². The summed E-state index contributed by atoms with van der Waals surface area (Å²) in [5.41, 5.74) is 3.58. The van der Waals surface area contributed by atoms with Crippen molar-refractivity contribution < 1.29 is 19.4 Å². The normalized spacial score (nSPS) is 11.6. The fourth-order valence-electron chi connectivity index (χ4n) is 3.31. The number of aliphatic hydroxyl groups is 1. The lowest BCUT2D eigenvalue weighted by Gasteiger charge is -2.23. The summed E-state index contributed by atoms with van der Waals surface area (Å²) in [4.78, 5) is 14.4. The molecule has 0 aliphatic heterocycles. The van der Waals surface area contributed by atoms with E-state index in [9.17, 15) is 9.90 Å². The number of carbonyl (C=O) groups is 1. The van der Waals surface area contributed by atoms with Gasteiger partial charge in [0.15, 0.2) is 6.61 Å². The van der Waals surface area contributed by atoms with Gasteiger partial charge in [0.2, 0.25) is 0 Å². The number of ether oxygens (including phenoxy) is 2. The Bertz CT molecular complexity index is 817. The first-order chi connectivity index (χ1) is 14.3. The van der Waals surface area contributed by atoms with Crippen molar-refractivity contribution in [3.8, 4) is 11.5 Å². The van der Waals surface area contributed by atoms with Crippen molar-refractivity contribution in [1.82, 2.24) is 4.90 Å². The molecule has 0 aromatic heterocycles. The zero-order valence-electron chi connectivity index (χ0n) is 19.1. The number of aryl methyl sites for hydroxylation is 3. The van der Waals surface area contributed by atoms with Crippen LogP contribution in [0.1, 0.15) is 30.5 Å². The molecule has 0 fully saturated rings. The number of anilines is 1. The monoisotopic (exact) mass is 450 g/mol. The molecule has 172 valence electrons. The molecule has 1 amide bonds. The lowest BCUT2D eigenvalue weighted by Crippen LogP contribution is -2.35. The number of hydrogen-bond donors (Lipinski definition) is 2. The number of aliphatic hydroxyl groups excluding tert-OH is 1. The molecular weight excluding hydrogens is 416 g/mol. The van der Waals surface area contributed by atoms with Crippen LogP contribution in [0.3, 0.4) is 0 Å². The molecule has 0 heterocycles. The maximum absolute atomic E-state index is 12.2. The van der Waals surface area contributed by atoms with E-state index in [1.807, 2.05) is 57.2 Å². The highest BCUT2D eigenvalue weighted by atomic mass is 35.5. The van der Waals surface area contributed by atoms with E-state index in [1.54, 1.807) is 0 Å². The molecule has 0 saturated heterocycles. The van der Waals surface area contributed by atoms with E-state index in [2.05, 4.69) is 24.1 Å². The number of nitrogens with zero attached hydrogens (tertiary/aromatic N) is 1. The summed E-state index contributed by atoms with van der Waals surface area (Å²) in [5, 5.41) is 13.1. The maximum atomic E-state index is 12.2. The maximum Gasteiger partial charge on any atom is 0.262 e. The van der Waals surface area contributed by atoms with Gasteiger partial charge < -0.3 is 24.8 Å². The van der Waals surface area contributed by atoms with Crippen LogP contribution in [-0.2, 0) is 4.79 Å². The Morgan fingerprint density at radius 2 is 1.71 bits per heavy atom. The predicted octanol–water partition coefficient (Wildman–Crippen LogP) is 4.13. The zero-order valence-corrected chi connectivity index (χ0v) is 19.9. The minimum absolute atomic E-state index is 0. The molecule has 0 spiro atoms. The Balaban J connectivity index is 0.00000480. The molecule has 2 rings (SSSR count). The number of benzene rings is 2. The van der Waals surface area contributed by atoms with E-state index in [1.165, 1.54) is 0 Å². The van der Waals surface area contributed by atoms with Crippen molar-refractivity contribution in [3.05, 3.63) is 53.1 Å². The number of carbonyl (C=O) groups excluding carboxylic acids is 1. The van der Waals surface area contributed by atoms with Crippen LogP contribution in [0, 0.1) is 20.8 Å². The van der Waals surface area contributed by atoms with E-state index in [0.717, 1.165) is 35.5 Å². The Labute approximate surface area is 192 Å². The average Bonchev–Trinajstić information content (AvgIpc) is 2.70. The van der Waals surface area contributed by atoms with E-state index < -0.39 is 6.10 Å². The SMILES string of the molecule is CCN(CC)CC(O)COc1c(C)cc(NC(=O)COc2cccc(C)c2)cc1C.Cl. The Morgan fingerprint density at radius 3 is 2.29 bits per heavy atom. The van der Waals surface area contributed by atoms with Crippen molar-refractivity contribution in [2.75, 3.05) is 38.2 Å². The minimum Gasteiger partial charge on any atom is -0.490 e. The molecule has 2 N–H and O–H groups in total. The number of rotatable bonds is 11. The number of likely N-dealkylation sites (N-methyl/N-ethyl adjacent to an activating group) is 1. The molecule has 1 unspecified atom stereocenters. The second-order valence-corrected chi connectivity index (χ2v) is 7.54. The molecular formula is C24H35ClN2O4. The lowest BCUT2D eigenvalue weighted by atomic mass is 10.1. The van der Waals surface area contributed by atoms with Crippen LogP contribution in [-0.4, -0.2) is 54.9 Å². The van der Waals surface area contributed by atoms with Crippen LogP contribution in [0.15, 0.2) is 36.4 Å². The molecule has 0 aliphatic rings. The highest BCUT2D eigenvalue weighted by Gasteiger charge is 2.13. The molecule has 6 nitrogen and oxygen atoms in total. The highest BCUT2D eigenvalue weighted by molar-refractivity contribution is 5.92. The summed E-state index contributed by atoms with van der Waals surface area (Å²) >= 11 is 0. The van der Waals surface area contributed by atoms with Crippen molar-refractivity contribution >= 4 is 24.0 Å². The standard InChI is InChI=1S/C24H34N2O4.ClH/c1-6-26(7-2)14-21(27)15-30-24-18(4)12-20(13-19(24)5)25-23(28)16-29-22-10-8-9-17(3)11-22;/h8-13,21,27H,6-7,14-16H2,1-5H3,(H,25,28);1H. The molecule has 31 heavy (non-hydrogen) atoms. The summed E-state index contributed by atoms with van der Waals surface area (Å²) in [7, 11) is 0. The molecule has 0 saturated carbocycles. The van der Waals surface area contributed by atoms with Gasteiger partial charge in [-0.1, -0.05) is 26.0 Å². The van der Waals surface area contributed by atoms with Crippen molar-refractivity contribution in [1.29, 1.82) is 0 Å². The summed E-state index contributed by atoms with van der Waals surface area (Å²) in [6.45, 7) is 12.5. The van der Waals surface area contributed by atoms with Crippen LogP contribution in [0.25, 0.3) is 0 Å². The Hall–Kier alpha value is -2.28. The lowest BCUT2D eigenvalue weighted by molar-refractivity contribution is -0.118. The highest BCUT2D eigenvalue weighted by Crippen LogP contribution is 2.27. The third-order valence-electron chi connectivity index (χ3n) is 4.89. The number of amides is 1.